The summed E-state index contributed by atoms with van der Waals surface area (Å²) in [5.41, 5.74) is 13.7. The Morgan fingerprint density at radius 3 is 1.77 bits per heavy atom. The molecule has 0 spiro atoms. The Kier molecular flexibility index (Phi) is 7.25. The van der Waals surface area contributed by atoms with E-state index in [1.165, 1.54) is 5.56 Å². The van der Waals surface area contributed by atoms with Gasteiger partial charge >= 0.3 is 0 Å². The fourth-order valence-corrected chi connectivity index (χ4v) is 5.95. The maximum absolute atomic E-state index is 9.17. The highest BCUT2D eigenvalue weighted by Gasteiger charge is 2.20. The zero-order valence-corrected chi connectivity index (χ0v) is 25.4. The first kappa shape index (κ1) is 28.0. The van der Waals surface area contributed by atoms with Crippen molar-refractivity contribution in [1.82, 2.24) is 9.97 Å². The molecule has 47 heavy (non-hydrogen) atoms. The summed E-state index contributed by atoms with van der Waals surface area (Å²) in [6, 6.07) is 51.4. The molecule has 0 aliphatic heterocycles. The molecule has 5 nitrogen and oxygen atoms in total. The van der Waals surface area contributed by atoms with Crippen LogP contribution < -0.4 is 5.43 Å². The number of hydrogen-bond donors (Lipinski definition) is 2. The third-order valence-electron chi connectivity index (χ3n) is 8.40. The Hall–Kier alpha value is -6.46. The number of para-hydroxylation sites is 1. The number of allylic oxidation sites excluding steroid dienone is 1. The van der Waals surface area contributed by atoms with Crippen LogP contribution in [0.4, 0.5) is 5.69 Å². The highest BCUT2D eigenvalue weighted by Crippen LogP contribution is 2.33. The molecule has 7 aromatic rings. The molecule has 5 heteroatoms. The van der Waals surface area contributed by atoms with E-state index >= 15 is 0 Å². The Morgan fingerprint density at radius 2 is 1.06 bits per heavy atom. The number of benzene rings is 6. The van der Waals surface area contributed by atoms with Crippen molar-refractivity contribution in [2.45, 2.75) is 0 Å². The van der Waals surface area contributed by atoms with E-state index in [9.17, 15) is 0 Å². The van der Waals surface area contributed by atoms with Crippen molar-refractivity contribution in [3.63, 3.8) is 0 Å². The average Bonchev–Trinajstić information content (AvgIpc) is 3.15. The minimum Gasteiger partial charge on any atom is -0.298 e. The Balaban J connectivity index is 1.22. The predicted molar refractivity (Wildman–Crippen MR) is 195 cm³/mol. The van der Waals surface area contributed by atoms with Gasteiger partial charge in [0, 0.05) is 22.3 Å². The molecule has 0 amide bonds. The number of aromatic nitrogens is 2. The van der Waals surface area contributed by atoms with E-state index in [0.29, 0.717) is 17.2 Å². The van der Waals surface area contributed by atoms with Gasteiger partial charge in [0.25, 0.3) is 0 Å². The molecule has 0 atom stereocenters. The standard InChI is InChI=1S/C42H29N5/c43-41-37(47-46-35-14-8-3-9-15-35)25-24-33-22-18-30-19-23-34(26-36(30)40(33)41)42-44-38(31-12-6-2-7-13-31)27-39(45-42)32-20-16-29(17-21-32)28-10-4-1-5-11-28/h1-27,43,46H/b43-41?,47-37-. The first-order valence-electron chi connectivity index (χ1n) is 15.5. The molecule has 222 valence electrons. The van der Waals surface area contributed by atoms with Crippen LogP contribution in [0.2, 0.25) is 0 Å². The molecule has 8 rings (SSSR count). The molecule has 0 radical (unpaired) electrons. The average molecular weight is 604 g/mol. The Bertz CT molecular complexity index is 2310. The summed E-state index contributed by atoms with van der Waals surface area (Å²) in [4.78, 5) is 10.2. The minimum atomic E-state index is 0.367. The molecule has 0 saturated carbocycles. The van der Waals surface area contributed by atoms with Crippen LogP contribution in [-0.4, -0.2) is 21.4 Å². The van der Waals surface area contributed by atoms with Gasteiger partial charge in [0.05, 0.1) is 22.8 Å². The topological polar surface area (TPSA) is 74.0 Å². The number of hydrazone groups is 1. The van der Waals surface area contributed by atoms with Crippen LogP contribution >= 0.6 is 0 Å². The van der Waals surface area contributed by atoms with Crippen molar-refractivity contribution in [1.29, 1.82) is 5.41 Å². The largest absolute Gasteiger partial charge is 0.298 e. The lowest BCUT2D eigenvalue weighted by Gasteiger charge is -2.17. The number of hydrogen-bond acceptors (Lipinski definition) is 5. The number of rotatable bonds is 6. The van der Waals surface area contributed by atoms with Crippen molar-refractivity contribution in [3.8, 4) is 45.0 Å². The van der Waals surface area contributed by atoms with Crippen LogP contribution in [0.5, 0.6) is 0 Å². The number of fused-ring (bicyclic) bond motifs is 3. The van der Waals surface area contributed by atoms with Crippen LogP contribution in [0.1, 0.15) is 11.1 Å². The van der Waals surface area contributed by atoms with Crippen molar-refractivity contribution in [2.24, 2.45) is 5.10 Å². The van der Waals surface area contributed by atoms with E-state index in [1.54, 1.807) is 0 Å². The van der Waals surface area contributed by atoms with Crippen LogP contribution in [0.15, 0.2) is 163 Å². The molecule has 1 aliphatic carbocycles. The molecular formula is C42H29N5. The third kappa shape index (κ3) is 5.62. The first-order chi connectivity index (χ1) is 23.2. The van der Waals surface area contributed by atoms with Crippen LogP contribution in [0.25, 0.3) is 61.9 Å². The summed E-state index contributed by atoms with van der Waals surface area (Å²) in [5.74, 6) is 0.630. The molecule has 1 aliphatic rings. The molecular weight excluding hydrogens is 574 g/mol. The number of nitrogens with one attached hydrogen (secondary N) is 2. The van der Waals surface area contributed by atoms with E-state index < -0.39 is 0 Å². The van der Waals surface area contributed by atoms with E-state index in [0.717, 1.165) is 61.2 Å². The summed E-state index contributed by atoms with van der Waals surface area (Å²) in [6.45, 7) is 0. The van der Waals surface area contributed by atoms with E-state index in [1.807, 2.05) is 66.7 Å². The number of nitrogens with zero attached hydrogens (tertiary/aromatic N) is 3. The van der Waals surface area contributed by atoms with E-state index in [4.69, 9.17) is 15.4 Å². The molecule has 6 aromatic carbocycles. The summed E-state index contributed by atoms with van der Waals surface area (Å²) >= 11 is 0. The molecule has 0 fully saturated rings. The van der Waals surface area contributed by atoms with Gasteiger partial charge in [-0.05, 0) is 57.8 Å². The lowest BCUT2D eigenvalue weighted by atomic mass is 9.88. The molecule has 1 aromatic heterocycles. The molecule has 1 heterocycles. The number of anilines is 1. The fourth-order valence-electron chi connectivity index (χ4n) is 5.95. The Labute approximate surface area is 273 Å². The summed E-state index contributed by atoms with van der Waals surface area (Å²) < 4.78 is 0. The highest BCUT2D eigenvalue weighted by molar-refractivity contribution is 6.55. The van der Waals surface area contributed by atoms with Crippen molar-refractivity contribution in [3.05, 3.63) is 169 Å². The molecule has 0 bridgehead atoms. The third-order valence-corrected chi connectivity index (χ3v) is 8.40. The van der Waals surface area contributed by atoms with Gasteiger partial charge in [-0.2, -0.15) is 5.10 Å². The molecule has 0 saturated heterocycles. The zero-order valence-electron chi connectivity index (χ0n) is 25.4. The van der Waals surface area contributed by atoms with Crippen molar-refractivity contribution >= 4 is 34.0 Å². The van der Waals surface area contributed by atoms with Crippen molar-refractivity contribution < 1.29 is 0 Å². The van der Waals surface area contributed by atoms with E-state index in [-0.39, 0.29) is 0 Å². The highest BCUT2D eigenvalue weighted by atomic mass is 15.3. The van der Waals surface area contributed by atoms with Gasteiger partial charge in [-0.3, -0.25) is 10.8 Å². The van der Waals surface area contributed by atoms with Gasteiger partial charge in [0.1, 0.15) is 5.71 Å². The van der Waals surface area contributed by atoms with E-state index in [2.05, 4.69) is 108 Å². The van der Waals surface area contributed by atoms with Gasteiger partial charge in [0.15, 0.2) is 5.82 Å². The van der Waals surface area contributed by atoms with Gasteiger partial charge in [-0.15, -0.1) is 0 Å². The maximum Gasteiger partial charge on any atom is 0.160 e. The second kappa shape index (κ2) is 12.1. The maximum atomic E-state index is 9.17. The summed E-state index contributed by atoms with van der Waals surface area (Å²) in [7, 11) is 0. The van der Waals surface area contributed by atoms with Crippen LogP contribution in [0.3, 0.4) is 0 Å². The van der Waals surface area contributed by atoms with Gasteiger partial charge < -0.3 is 0 Å². The molecule has 0 unspecified atom stereocenters. The lowest BCUT2D eigenvalue weighted by molar-refractivity contribution is 1.18. The minimum absolute atomic E-state index is 0.367. The first-order valence-corrected chi connectivity index (χ1v) is 15.5. The Morgan fingerprint density at radius 1 is 0.511 bits per heavy atom. The summed E-state index contributed by atoms with van der Waals surface area (Å²) in [5, 5.41) is 15.7. The van der Waals surface area contributed by atoms with Crippen LogP contribution in [0, 0.1) is 5.41 Å². The van der Waals surface area contributed by atoms with Crippen molar-refractivity contribution in [2.75, 3.05) is 5.43 Å². The normalized spacial score (nSPS) is 13.1. The second-order valence-electron chi connectivity index (χ2n) is 11.4. The quantitative estimate of drug-likeness (QED) is 0.186. The monoisotopic (exact) mass is 603 g/mol. The molecule has 2 N–H and O–H groups in total. The zero-order chi connectivity index (χ0) is 31.6. The second-order valence-corrected chi connectivity index (χ2v) is 11.4. The predicted octanol–water partition coefficient (Wildman–Crippen LogP) is 10.2. The van der Waals surface area contributed by atoms with Gasteiger partial charge in [0.2, 0.25) is 0 Å². The lowest BCUT2D eigenvalue weighted by Crippen LogP contribution is -2.18. The van der Waals surface area contributed by atoms with Gasteiger partial charge in [-0.25, -0.2) is 9.97 Å². The fraction of sp³-hybridized carbons (Fsp3) is 0. The summed E-state index contributed by atoms with van der Waals surface area (Å²) in [6.07, 6.45) is 3.91. The SMILES string of the molecule is N=C1/C(=N\Nc2ccccc2)C=Cc2ccc3ccc(-c4nc(-c5ccccc5)cc(-c5ccc(-c6ccccc6)cc5)n4)cc3c21. The van der Waals surface area contributed by atoms with Crippen LogP contribution in [-0.2, 0) is 0 Å². The smallest absolute Gasteiger partial charge is 0.160 e. The van der Waals surface area contributed by atoms with Gasteiger partial charge in [-0.1, -0.05) is 133 Å².